The SMILES string of the molecule is O=C(C[C@H]1CC[C@H](C(=O)O)CC1)N1CCc2c(C(F)(F)F)nn(Cc3cc(F)cc(Cl)c3)c2C1. The Balaban J connectivity index is 1.52. The van der Waals surface area contributed by atoms with E-state index >= 15 is 0 Å². The second-order valence-corrected chi connectivity index (χ2v) is 9.47. The third kappa shape index (κ3) is 5.37. The molecule has 1 fully saturated rings. The number of hydrogen-bond donors (Lipinski definition) is 1. The van der Waals surface area contributed by atoms with Gasteiger partial charge in [0.15, 0.2) is 5.69 Å². The Morgan fingerprint density at radius 1 is 1.15 bits per heavy atom. The molecule has 2 aromatic rings. The van der Waals surface area contributed by atoms with E-state index in [4.69, 9.17) is 16.7 Å². The maximum absolute atomic E-state index is 13.7. The number of fused-ring (bicyclic) bond motifs is 1. The minimum Gasteiger partial charge on any atom is -0.481 e. The number of carboxylic acid groups (broad SMARTS) is 1. The quantitative estimate of drug-likeness (QED) is 0.591. The zero-order chi connectivity index (χ0) is 24.6. The van der Waals surface area contributed by atoms with Crippen molar-refractivity contribution < 1.29 is 32.3 Å². The predicted octanol–water partition coefficient (Wildman–Crippen LogP) is 4.91. The minimum atomic E-state index is -4.65. The van der Waals surface area contributed by atoms with Gasteiger partial charge < -0.3 is 10.0 Å². The van der Waals surface area contributed by atoms with Crippen molar-refractivity contribution in [3.63, 3.8) is 0 Å². The summed E-state index contributed by atoms with van der Waals surface area (Å²) in [5.41, 5.74) is -0.283. The van der Waals surface area contributed by atoms with Gasteiger partial charge in [-0.15, -0.1) is 0 Å². The van der Waals surface area contributed by atoms with Crippen LogP contribution in [0.15, 0.2) is 18.2 Å². The smallest absolute Gasteiger partial charge is 0.435 e. The van der Waals surface area contributed by atoms with E-state index in [1.807, 2.05) is 0 Å². The molecule has 34 heavy (non-hydrogen) atoms. The lowest BCUT2D eigenvalue weighted by molar-refractivity contribution is -0.143. The number of benzene rings is 1. The van der Waals surface area contributed by atoms with E-state index in [1.165, 1.54) is 21.7 Å². The van der Waals surface area contributed by atoms with Crippen molar-refractivity contribution in [2.24, 2.45) is 11.8 Å². The van der Waals surface area contributed by atoms with Crippen molar-refractivity contribution >= 4 is 23.5 Å². The lowest BCUT2D eigenvalue weighted by Gasteiger charge is -2.31. The molecule has 0 saturated heterocycles. The van der Waals surface area contributed by atoms with E-state index in [0.29, 0.717) is 31.2 Å². The minimum absolute atomic E-state index is 0.0194. The number of aliphatic carboxylic acids is 1. The number of carbonyl (C=O) groups excluding carboxylic acids is 1. The van der Waals surface area contributed by atoms with Crippen molar-refractivity contribution in [2.45, 2.75) is 57.8 Å². The number of hydrogen-bond acceptors (Lipinski definition) is 3. The van der Waals surface area contributed by atoms with E-state index in [2.05, 4.69) is 5.10 Å². The summed E-state index contributed by atoms with van der Waals surface area (Å²) in [5.74, 6) is -1.90. The molecule has 0 radical (unpaired) electrons. The molecule has 1 amide bonds. The maximum Gasteiger partial charge on any atom is 0.435 e. The van der Waals surface area contributed by atoms with Crippen LogP contribution in [0, 0.1) is 17.7 Å². The average Bonchev–Trinajstić information content (AvgIpc) is 3.11. The molecule has 11 heteroatoms. The Morgan fingerprint density at radius 2 is 1.85 bits per heavy atom. The Bertz CT molecular complexity index is 1070. The van der Waals surface area contributed by atoms with E-state index in [1.54, 1.807) is 0 Å². The highest BCUT2D eigenvalue weighted by Gasteiger charge is 2.41. The number of amides is 1. The molecule has 184 valence electrons. The summed E-state index contributed by atoms with van der Waals surface area (Å²) in [6.45, 7) is 0.0127. The van der Waals surface area contributed by atoms with Gasteiger partial charge in [-0.25, -0.2) is 4.39 Å². The number of carboxylic acids is 1. The van der Waals surface area contributed by atoms with Gasteiger partial charge in [0.2, 0.25) is 5.91 Å². The third-order valence-electron chi connectivity index (χ3n) is 6.67. The van der Waals surface area contributed by atoms with Gasteiger partial charge in [0, 0.05) is 23.6 Å². The topological polar surface area (TPSA) is 75.4 Å². The lowest BCUT2D eigenvalue weighted by Crippen LogP contribution is -2.38. The standard InChI is InChI=1S/C23H24ClF4N3O3/c24-16-7-14(8-17(25)10-16)11-31-19-12-30(6-5-18(19)21(29-31)23(26,27)28)20(32)9-13-1-3-15(4-2-13)22(33)34/h7-8,10,13,15H,1-6,9,11-12H2,(H,33,34)/t13-,15-. The number of rotatable bonds is 5. The van der Waals surface area contributed by atoms with Crippen LogP contribution >= 0.6 is 11.6 Å². The number of aromatic nitrogens is 2. The summed E-state index contributed by atoms with van der Waals surface area (Å²) in [4.78, 5) is 25.6. The van der Waals surface area contributed by atoms with Gasteiger partial charge >= 0.3 is 12.1 Å². The molecule has 0 bridgehead atoms. The van der Waals surface area contributed by atoms with Crippen molar-refractivity contribution in [1.29, 1.82) is 0 Å². The molecule has 1 aliphatic carbocycles. The average molecular weight is 502 g/mol. The fourth-order valence-electron chi connectivity index (χ4n) is 4.92. The van der Waals surface area contributed by atoms with Crippen LogP contribution in [0.3, 0.4) is 0 Å². The molecule has 1 saturated carbocycles. The van der Waals surface area contributed by atoms with Gasteiger partial charge in [-0.1, -0.05) is 11.6 Å². The van der Waals surface area contributed by atoms with E-state index in [0.717, 1.165) is 6.07 Å². The molecule has 0 spiro atoms. The van der Waals surface area contributed by atoms with Crippen LogP contribution in [0.5, 0.6) is 0 Å². The molecule has 0 atom stereocenters. The van der Waals surface area contributed by atoms with Crippen LogP contribution in [0.2, 0.25) is 5.02 Å². The van der Waals surface area contributed by atoms with Crippen molar-refractivity contribution in [3.05, 3.63) is 51.6 Å². The van der Waals surface area contributed by atoms with Gasteiger partial charge in [0.05, 0.1) is 24.7 Å². The molecule has 4 rings (SSSR count). The van der Waals surface area contributed by atoms with Crippen LogP contribution < -0.4 is 0 Å². The van der Waals surface area contributed by atoms with Gasteiger partial charge in [-0.2, -0.15) is 18.3 Å². The second kappa shape index (κ2) is 9.56. The normalized spacial score (nSPS) is 20.8. The van der Waals surface area contributed by atoms with E-state index in [-0.39, 0.29) is 66.5 Å². The number of nitrogens with zero attached hydrogens (tertiary/aromatic N) is 3. The molecule has 6 nitrogen and oxygen atoms in total. The predicted molar refractivity (Wildman–Crippen MR) is 115 cm³/mol. The molecule has 1 aliphatic heterocycles. The molecule has 2 aliphatic rings. The van der Waals surface area contributed by atoms with Crippen molar-refractivity contribution in [3.8, 4) is 0 Å². The first-order valence-electron chi connectivity index (χ1n) is 11.1. The Kier molecular flexibility index (Phi) is 6.89. The number of alkyl halides is 3. The maximum atomic E-state index is 13.7. The van der Waals surface area contributed by atoms with Crippen LogP contribution in [0.1, 0.15) is 54.6 Å². The van der Waals surface area contributed by atoms with Crippen LogP contribution in [0.25, 0.3) is 0 Å². The van der Waals surface area contributed by atoms with Crippen LogP contribution in [0.4, 0.5) is 17.6 Å². The molecule has 1 aromatic carbocycles. The number of halogens is 5. The molecule has 1 N–H and O–H groups in total. The highest BCUT2D eigenvalue weighted by Crippen LogP contribution is 2.36. The highest BCUT2D eigenvalue weighted by atomic mass is 35.5. The van der Waals surface area contributed by atoms with Crippen LogP contribution in [-0.2, 0) is 35.3 Å². The number of carbonyl (C=O) groups is 2. The van der Waals surface area contributed by atoms with E-state index in [9.17, 15) is 27.2 Å². The first-order valence-corrected chi connectivity index (χ1v) is 11.5. The molecule has 2 heterocycles. The monoisotopic (exact) mass is 501 g/mol. The Hall–Kier alpha value is -2.62. The lowest BCUT2D eigenvalue weighted by atomic mass is 9.80. The summed E-state index contributed by atoms with van der Waals surface area (Å²) in [5, 5.41) is 13.0. The van der Waals surface area contributed by atoms with Gasteiger partial charge in [-0.05, 0) is 61.8 Å². The van der Waals surface area contributed by atoms with Gasteiger partial charge in [0.25, 0.3) is 0 Å². The summed E-state index contributed by atoms with van der Waals surface area (Å²) in [6.07, 6.45) is -2.07. The zero-order valence-electron chi connectivity index (χ0n) is 18.2. The van der Waals surface area contributed by atoms with Gasteiger partial charge in [0.1, 0.15) is 5.82 Å². The van der Waals surface area contributed by atoms with E-state index < -0.39 is 23.7 Å². The first-order chi connectivity index (χ1) is 16.0. The fraction of sp³-hybridized carbons (Fsp3) is 0.522. The summed E-state index contributed by atoms with van der Waals surface area (Å²) >= 11 is 5.89. The molecular weight excluding hydrogens is 478 g/mol. The Morgan fingerprint density at radius 3 is 2.47 bits per heavy atom. The third-order valence-corrected chi connectivity index (χ3v) is 6.89. The van der Waals surface area contributed by atoms with Gasteiger partial charge in [-0.3, -0.25) is 14.3 Å². The van der Waals surface area contributed by atoms with Crippen molar-refractivity contribution in [2.75, 3.05) is 6.54 Å². The second-order valence-electron chi connectivity index (χ2n) is 9.03. The summed E-state index contributed by atoms with van der Waals surface area (Å²) in [6, 6.07) is 3.76. The summed E-state index contributed by atoms with van der Waals surface area (Å²) < 4.78 is 55.8. The largest absolute Gasteiger partial charge is 0.481 e. The van der Waals surface area contributed by atoms with Crippen molar-refractivity contribution in [1.82, 2.24) is 14.7 Å². The Labute approximate surface area is 198 Å². The molecule has 1 aromatic heterocycles. The zero-order valence-corrected chi connectivity index (χ0v) is 19.0. The fourth-order valence-corrected chi connectivity index (χ4v) is 5.16. The summed E-state index contributed by atoms with van der Waals surface area (Å²) in [7, 11) is 0. The molecular formula is C23H24ClF4N3O3. The highest BCUT2D eigenvalue weighted by molar-refractivity contribution is 6.30. The molecule has 0 unspecified atom stereocenters. The first kappa shape index (κ1) is 24.5. The van der Waals surface area contributed by atoms with Crippen LogP contribution in [-0.4, -0.2) is 38.2 Å².